The Bertz CT molecular complexity index is 466. The summed E-state index contributed by atoms with van der Waals surface area (Å²) >= 11 is 0. The van der Waals surface area contributed by atoms with Crippen molar-refractivity contribution in [3.63, 3.8) is 0 Å². The Morgan fingerprint density at radius 3 is 2.35 bits per heavy atom. The lowest BCUT2D eigenvalue weighted by atomic mass is 9.83. The Hall–Kier alpha value is -0.580. The quantitative estimate of drug-likeness (QED) is 0.800. The maximum absolute atomic E-state index is 12.4. The number of sulfone groups is 1. The largest absolute Gasteiger partial charge is 0.343 e. The normalized spacial score (nSPS) is 25.4. The van der Waals surface area contributed by atoms with E-state index in [1.165, 1.54) is 19.1 Å². The summed E-state index contributed by atoms with van der Waals surface area (Å²) in [5.74, 6) is 0.901. The summed E-state index contributed by atoms with van der Waals surface area (Å²) in [6.07, 6.45) is 6.48. The first-order valence-electron chi connectivity index (χ1n) is 7.67. The fourth-order valence-corrected chi connectivity index (χ4v) is 4.38. The van der Waals surface area contributed by atoms with Crippen molar-refractivity contribution in [2.24, 2.45) is 11.3 Å². The molecule has 1 atom stereocenters. The topological polar surface area (TPSA) is 54.5 Å². The Balaban J connectivity index is 1.91. The van der Waals surface area contributed by atoms with E-state index in [9.17, 15) is 13.2 Å². The van der Waals surface area contributed by atoms with E-state index >= 15 is 0 Å². The molecule has 0 spiro atoms. The van der Waals surface area contributed by atoms with Crippen molar-refractivity contribution in [1.29, 1.82) is 0 Å². The van der Waals surface area contributed by atoms with Crippen LogP contribution in [0.1, 0.15) is 52.4 Å². The average molecular weight is 301 g/mol. The van der Waals surface area contributed by atoms with Crippen LogP contribution in [-0.4, -0.2) is 43.8 Å². The molecule has 1 amide bonds. The molecule has 1 heterocycles. The smallest absolute Gasteiger partial charge is 0.223 e. The molecule has 5 heteroatoms. The molecule has 20 heavy (non-hydrogen) atoms. The second-order valence-corrected chi connectivity index (χ2v) is 9.53. The summed E-state index contributed by atoms with van der Waals surface area (Å²) in [6, 6.07) is 0. The van der Waals surface area contributed by atoms with Gasteiger partial charge in [-0.1, -0.05) is 13.8 Å². The van der Waals surface area contributed by atoms with Gasteiger partial charge in [0.2, 0.25) is 5.91 Å². The first-order valence-corrected chi connectivity index (χ1v) is 9.62. The molecule has 2 aliphatic rings. The number of amides is 1. The van der Waals surface area contributed by atoms with Crippen molar-refractivity contribution in [2.75, 3.05) is 19.3 Å². The van der Waals surface area contributed by atoms with Crippen LogP contribution in [0, 0.1) is 11.3 Å². The molecule has 0 aromatic rings. The molecule has 0 aromatic carbocycles. The highest BCUT2D eigenvalue weighted by Crippen LogP contribution is 2.47. The molecule has 0 N–H and O–H groups in total. The van der Waals surface area contributed by atoms with Crippen molar-refractivity contribution >= 4 is 15.7 Å². The van der Waals surface area contributed by atoms with E-state index in [1.807, 2.05) is 4.90 Å². The third-order valence-electron chi connectivity index (χ3n) is 4.92. The van der Waals surface area contributed by atoms with Gasteiger partial charge in [-0.2, -0.15) is 0 Å². The number of nitrogens with zero attached hydrogens (tertiary/aromatic N) is 1. The molecule has 0 radical (unpaired) electrons. The van der Waals surface area contributed by atoms with Crippen LogP contribution in [0.3, 0.4) is 0 Å². The molecule has 1 unspecified atom stereocenters. The van der Waals surface area contributed by atoms with Gasteiger partial charge in [0.1, 0.15) is 9.84 Å². The second-order valence-electron chi connectivity index (χ2n) is 7.20. The molecule has 0 bridgehead atoms. The molecular weight excluding hydrogens is 274 g/mol. The first-order chi connectivity index (χ1) is 9.20. The number of carbonyl (C=O) groups is 1. The highest BCUT2D eigenvalue weighted by atomic mass is 32.2. The van der Waals surface area contributed by atoms with Crippen molar-refractivity contribution in [2.45, 2.75) is 57.6 Å². The minimum absolute atomic E-state index is 0.0968. The van der Waals surface area contributed by atoms with Crippen molar-refractivity contribution in [1.82, 2.24) is 4.90 Å². The highest BCUT2D eigenvalue weighted by Gasteiger charge is 2.40. The summed E-state index contributed by atoms with van der Waals surface area (Å²) in [6.45, 7) is 5.67. The zero-order valence-corrected chi connectivity index (χ0v) is 13.7. The van der Waals surface area contributed by atoms with Crippen LogP contribution in [-0.2, 0) is 14.6 Å². The van der Waals surface area contributed by atoms with Crippen LogP contribution < -0.4 is 0 Å². The first kappa shape index (κ1) is 15.8. The molecule has 0 aromatic heterocycles. The Morgan fingerprint density at radius 2 is 1.80 bits per heavy atom. The predicted octanol–water partition coefficient (Wildman–Crippen LogP) is 2.24. The number of hydrogen-bond acceptors (Lipinski definition) is 3. The fraction of sp³-hybridized carbons (Fsp3) is 0.933. The van der Waals surface area contributed by atoms with Crippen molar-refractivity contribution in [3.8, 4) is 0 Å². The van der Waals surface area contributed by atoms with Crippen LogP contribution in [0.5, 0.6) is 0 Å². The summed E-state index contributed by atoms with van der Waals surface area (Å²) in [7, 11) is -2.97. The van der Waals surface area contributed by atoms with Crippen LogP contribution in [0.4, 0.5) is 0 Å². The van der Waals surface area contributed by atoms with Crippen molar-refractivity contribution in [3.05, 3.63) is 0 Å². The maximum atomic E-state index is 12.4. The molecule has 1 aliphatic heterocycles. The van der Waals surface area contributed by atoms with Gasteiger partial charge in [0.25, 0.3) is 0 Å². The SMILES string of the molecule is CC(C)(CC(=O)N1CCCC(S(C)(=O)=O)CC1)C1CC1. The Labute approximate surface area is 122 Å². The molecular formula is C15H27NO3S. The molecule has 4 nitrogen and oxygen atoms in total. The molecule has 116 valence electrons. The van der Waals surface area contributed by atoms with Gasteiger partial charge in [-0.3, -0.25) is 4.79 Å². The highest BCUT2D eigenvalue weighted by molar-refractivity contribution is 7.91. The standard InChI is InChI=1S/C15H27NO3S/c1-15(2,12-6-7-12)11-14(17)16-9-4-5-13(8-10-16)20(3,18)19/h12-13H,4-11H2,1-3H3. The predicted molar refractivity (Wildman–Crippen MR) is 80.2 cm³/mol. The van der Waals surface area contributed by atoms with Crippen LogP contribution in [0.25, 0.3) is 0 Å². The van der Waals surface area contributed by atoms with Gasteiger partial charge in [-0.25, -0.2) is 8.42 Å². The van der Waals surface area contributed by atoms with Gasteiger partial charge in [-0.05, 0) is 43.4 Å². The van der Waals surface area contributed by atoms with Gasteiger partial charge in [-0.15, -0.1) is 0 Å². The lowest BCUT2D eigenvalue weighted by Gasteiger charge is -2.28. The van der Waals surface area contributed by atoms with Gasteiger partial charge in [0, 0.05) is 25.8 Å². The van der Waals surface area contributed by atoms with Crippen LogP contribution in [0.2, 0.25) is 0 Å². The lowest BCUT2D eigenvalue weighted by Crippen LogP contribution is -2.36. The third kappa shape index (κ3) is 3.96. The number of rotatable bonds is 4. The van der Waals surface area contributed by atoms with E-state index < -0.39 is 9.84 Å². The summed E-state index contributed by atoms with van der Waals surface area (Å²) in [5.41, 5.74) is 0.0968. The minimum atomic E-state index is -2.97. The maximum Gasteiger partial charge on any atom is 0.223 e. The Morgan fingerprint density at radius 1 is 1.15 bits per heavy atom. The van der Waals surface area contributed by atoms with Gasteiger partial charge < -0.3 is 4.90 Å². The fourth-order valence-electron chi connectivity index (χ4n) is 3.25. The van der Waals surface area contributed by atoms with E-state index in [0.717, 1.165) is 6.42 Å². The second kappa shape index (κ2) is 5.66. The minimum Gasteiger partial charge on any atom is -0.343 e. The van der Waals surface area contributed by atoms with Gasteiger partial charge in [0.05, 0.1) is 5.25 Å². The monoisotopic (exact) mass is 301 g/mol. The lowest BCUT2D eigenvalue weighted by molar-refractivity contribution is -0.133. The zero-order chi connectivity index (χ0) is 15.0. The van der Waals surface area contributed by atoms with E-state index in [1.54, 1.807) is 0 Å². The van der Waals surface area contributed by atoms with Gasteiger partial charge in [0.15, 0.2) is 0 Å². The van der Waals surface area contributed by atoms with Crippen molar-refractivity contribution < 1.29 is 13.2 Å². The van der Waals surface area contributed by atoms with E-state index in [2.05, 4.69) is 13.8 Å². The third-order valence-corrected chi connectivity index (χ3v) is 6.61. The summed E-state index contributed by atoms with van der Waals surface area (Å²) < 4.78 is 23.3. The molecule has 1 aliphatic carbocycles. The molecule has 2 fully saturated rings. The molecule has 1 saturated heterocycles. The van der Waals surface area contributed by atoms with Crippen LogP contribution >= 0.6 is 0 Å². The van der Waals surface area contributed by atoms with E-state index in [0.29, 0.717) is 38.3 Å². The Kier molecular flexibility index (Phi) is 4.47. The summed E-state index contributed by atoms with van der Waals surface area (Å²) in [4.78, 5) is 14.3. The number of likely N-dealkylation sites (tertiary alicyclic amines) is 1. The number of carbonyl (C=O) groups excluding carboxylic acids is 1. The number of hydrogen-bond donors (Lipinski definition) is 0. The summed E-state index contributed by atoms with van der Waals surface area (Å²) in [5, 5.41) is -0.267. The zero-order valence-electron chi connectivity index (χ0n) is 12.9. The van der Waals surface area contributed by atoms with E-state index in [-0.39, 0.29) is 16.6 Å². The average Bonchev–Trinajstić information content (AvgIpc) is 3.14. The molecule has 2 rings (SSSR count). The van der Waals surface area contributed by atoms with Gasteiger partial charge >= 0.3 is 0 Å². The molecule has 1 saturated carbocycles. The van der Waals surface area contributed by atoms with E-state index in [4.69, 9.17) is 0 Å². The van der Waals surface area contributed by atoms with Crippen LogP contribution in [0.15, 0.2) is 0 Å².